The summed E-state index contributed by atoms with van der Waals surface area (Å²) in [7, 11) is 0. The normalized spacial score (nSPS) is 25.2. The first-order valence-electron chi connectivity index (χ1n) is 10.2. The van der Waals surface area contributed by atoms with E-state index < -0.39 is 11.9 Å². The predicted molar refractivity (Wildman–Crippen MR) is 115 cm³/mol. The van der Waals surface area contributed by atoms with Gasteiger partial charge in [-0.25, -0.2) is 9.59 Å². The maximum atomic E-state index is 12.8. The van der Waals surface area contributed by atoms with Gasteiger partial charge in [-0.1, -0.05) is 11.6 Å². The van der Waals surface area contributed by atoms with Crippen molar-refractivity contribution in [2.45, 2.75) is 69.7 Å². The maximum absolute atomic E-state index is 12.8. The third-order valence-corrected chi connectivity index (χ3v) is 5.76. The lowest BCUT2D eigenvalue weighted by atomic mass is 9.98. The summed E-state index contributed by atoms with van der Waals surface area (Å²) in [5.41, 5.74) is 1.32. The molecule has 1 aromatic rings. The number of halogens is 1. The van der Waals surface area contributed by atoms with Crippen molar-refractivity contribution in [1.29, 1.82) is 0 Å². The number of ether oxygens (including phenoxy) is 1. The Hall–Kier alpha value is -2.58. The number of piperidine rings is 1. The quantitative estimate of drug-likeness (QED) is 0.520. The molecule has 3 heterocycles. The molecule has 9 heteroatoms. The van der Waals surface area contributed by atoms with E-state index in [1.165, 1.54) is 12.8 Å². The molecule has 1 amide bonds. The Balaban J connectivity index is 0.000000293. The first-order valence-corrected chi connectivity index (χ1v) is 10.6. The fourth-order valence-electron chi connectivity index (χ4n) is 4.42. The zero-order valence-electron chi connectivity index (χ0n) is 17.5. The van der Waals surface area contributed by atoms with Crippen molar-refractivity contribution >= 4 is 29.4 Å². The molecule has 31 heavy (non-hydrogen) atoms. The van der Waals surface area contributed by atoms with Gasteiger partial charge in [0.15, 0.2) is 0 Å². The summed E-state index contributed by atoms with van der Waals surface area (Å²) in [6.45, 7) is 4.07. The summed E-state index contributed by atoms with van der Waals surface area (Å²) in [6.07, 6.45) is 6.36. The van der Waals surface area contributed by atoms with Gasteiger partial charge in [0.1, 0.15) is 11.4 Å². The van der Waals surface area contributed by atoms with Crippen LogP contribution < -0.4 is 15.4 Å². The molecule has 0 aliphatic carbocycles. The lowest BCUT2D eigenvalue weighted by Gasteiger charge is -2.30. The number of nitrogens with one attached hydrogen (secondary N) is 2. The number of aliphatic carboxylic acids is 2. The van der Waals surface area contributed by atoms with Crippen LogP contribution in [0, 0.1) is 0 Å². The fraction of sp³-hybridized carbons (Fsp3) is 0.500. The van der Waals surface area contributed by atoms with Crippen LogP contribution in [-0.4, -0.2) is 51.8 Å². The molecule has 2 unspecified atom stereocenters. The lowest BCUT2D eigenvalue weighted by molar-refractivity contribution is -0.134. The van der Waals surface area contributed by atoms with Gasteiger partial charge in [-0.2, -0.15) is 0 Å². The Kier molecular flexibility index (Phi) is 6.91. The molecule has 2 saturated heterocycles. The molecule has 2 atom stereocenters. The van der Waals surface area contributed by atoms with E-state index in [1.54, 1.807) is 6.07 Å². The van der Waals surface area contributed by atoms with Crippen LogP contribution in [0.25, 0.3) is 0 Å². The largest absolute Gasteiger partial charge is 0.486 e. The third-order valence-electron chi connectivity index (χ3n) is 5.55. The number of carbonyl (C=O) groups excluding carboxylic acids is 1. The topological polar surface area (TPSA) is 125 Å². The average molecular weight is 451 g/mol. The zero-order chi connectivity index (χ0) is 22.8. The molecule has 2 bridgehead atoms. The van der Waals surface area contributed by atoms with Gasteiger partial charge in [0.2, 0.25) is 0 Å². The Bertz CT molecular complexity index is 886. The third kappa shape index (κ3) is 6.21. The number of carboxylic acids is 2. The highest BCUT2D eigenvalue weighted by molar-refractivity contribution is 6.31. The maximum Gasteiger partial charge on any atom is 0.328 e. The fourth-order valence-corrected chi connectivity index (χ4v) is 4.66. The van der Waals surface area contributed by atoms with Gasteiger partial charge in [-0.3, -0.25) is 4.79 Å². The van der Waals surface area contributed by atoms with Gasteiger partial charge < -0.3 is 25.6 Å². The van der Waals surface area contributed by atoms with Crippen LogP contribution in [0.3, 0.4) is 0 Å². The van der Waals surface area contributed by atoms with Gasteiger partial charge >= 0.3 is 11.9 Å². The summed E-state index contributed by atoms with van der Waals surface area (Å²) < 4.78 is 6.01. The summed E-state index contributed by atoms with van der Waals surface area (Å²) in [5.74, 6) is -1.87. The van der Waals surface area contributed by atoms with Crippen LogP contribution in [-0.2, 0) is 16.0 Å². The van der Waals surface area contributed by atoms with Crippen molar-refractivity contribution < 1.29 is 29.3 Å². The molecule has 0 radical (unpaired) electrons. The Labute approximate surface area is 185 Å². The number of carbonyl (C=O) groups is 3. The molecular weight excluding hydrogens is 424 g/mol. The Morgan fingerprint density at radius 3 is 2.26 bits per heavy atom. The lowest BCUT2D eigenvalue weighted by Crippen LogP contribution is -2.48. The summed E-state index contributed by atoms with van der Waals surface area (Å²) in [5, 5.41) is 23.0. The number of fused-ring (bicyclic) bond motifs is 3. The van der Waals surface area contributed by atoms with Gasteiger partial charge in [-0.05, 0) is 51.7 Å². The van der Waals surface area contributed by atoms with Crippen molar-refractivity contribution in [2.24, 2.45) is 0 Å². The first-order chi connectivity index (χ1) is 14.5. The monoisotopic (exact) mass is 450 g/mol. The van der Waals surface area contributed by atoms with Crippen molar-refractivity contribution in [3.63, 3.8) is 0 Å². The minimum absolute atomic E-state index is 0.0623. The summed E-state index contributed by atoms with van der Waals surface area (Å²) in [6, 6.07) is 4.99. The number of amides is 1. The highest BCUT2D eigenvalue weighted by Gasteiger charge is 2.36. The molecule has 0 aromatic heterocycles. The first kappa shape index (κ1) is 23.1. The minimum atomic E-state index is -1.26. The van der Waals surface area contributed by atoms with E-state index in [4.69, 9.17) is 26.6 Å². The van der Waals surface area contributed by atoms with E-state index in [1.807, 2.05) is 19.9 Å². The van der Waals surface area contributed by atoms with Gasteiger partial charge in [0.05, 0.1) is 5.56 Å². The van der Waals surface area contributed by atoms with Crippen LogP contribution in [0.2, 0.25) is 5.02 Å². The molecule has 8 nitrogen and oxygen atoms in total. The number of carboxylic acid groups (broad SMARTS) is 2. The van der Waals surface area contributed by atoms with Crippen molar-refractivity contribution in [3.8, 4) is 5.75 Å². The summed E-state index contributed by atoms with van der Waals surface area (Å²) >= 11 is 6.22. The zero-order valence-corrected chi connectivity index (χ0v) is 18.2. The van der Waals surface area contributed by atoms with E-state index in [0.717, 1.165) is 24.8 Å². The second-order valence-electron chi connectivity index (χ2n) is 8.77. The standard InChI is InChI=1S/C18H23ClN2O2.C4H4O4/c1-18(2)9-10-5-11(19)6-15(16(10)23-18)17(22)21-14-7-12-3-4-13(8-14)20-12;5-3(6)1-2-4(7)8/h5-6,12-14,20H,3-4,7-9H2,1-2H3,(H,21,22);1-2H,(H,5,6)(H,7,8)/b;2-1-. The van der Waals surface area contributed by atoms with E-state index in [2.05, 4.69) is 10.6 Å². The Morgan fingerprint density at radius 1 is 1.13 bits per heavy atom. The van der Waals surface area contributed by atoms with Crippen LogP contribution >= 0.6 is 11.6 Å². The molecule has 2 fully saturated rings. The SMILES string of the molecule is CC1(C)Cc2cc(Cl)cc(C(=O)NC3CC4CCC(C3)N4)c2O1.O=C(O)/C=C\C(=O)O. The second-order valence-corrected chi connectivity index (χ2v) is 9.21. The molecule has 3 aliphatic heterocycles. The van der Waals surface area contributed by atoms with E-state index >= 15 is 0 Å². The Morgan fingerprint density at radius 2 is 1.71 bits per heavy atom. The highest BCUT2D eigenvalue weighted by atomic mass is 35.5. The minimum Gasteiger partial charge on any atom is -0.486 e. The highest BCUT2D eigenvalue weighted by Crippen LogP contribution is 2.39. The molecule has 168 valence electrons. The molecule has 1 aromatic carbocycles. The van der Waals surface area contributed by atoms with Crippen LogP contribution in [0.4, 0.5) is 0 Å². The van der Waals surface area contributed by atoms with Gasteiger partial charge in [-0.15, -0.1) is 0 Å². The van der Waals surface area contributed by atoms with Gasteiger partial charge in [0, 0.05) is 47.3 Å². The molecular formula is C22H27ClN2O6. The van der Waals surface area contributed by atoms with Crippen molar-refractivity contribution in [3.05, 3.63) is 40.4 Å². The van der Waals surface area contributed by atoms with Gasteiger partial charge in [0.25, 0.3) is 5.91 Å². The van der Waals surface area contributed by atoms with Crippen molar-refractivity contribution in [2.75, 3.05) is 0 Å². The molecule has 4 N–H and O–H groups in total. The predicted octanol–water partition coefficient (Wildman–Crippen LogP) is 2.78. The smallest absolute Gasteiger partial charge is 0.328 e. The number of rotatable bonds is 4. The molecule has 0 saturated carbocycles. The molecule has 4 rings (SSSR count). The molecule has 0 spiro atoms. The number of benzene rings is 1. The number of hydrogen-bond donors (Lipinski definition) is 4. The van der Waals surface area contributed by atoms with E-state index in [0.29, 0.717) is 40.6 Å². The van der Waals surface area contributed by atoms with Crippen LogP contribution in [0.5, 0.6) is 5.75 Å². The van der Waals surface area contributed by atoms with Crippen molar-refractivity contribution in [1.82, 2.24) is 10.6 Å². The van der Waals surface area contributed by atoms with E-state index in [-0.39, 0.29) is 17.6 Å². The van der Waals surface area contributed by atoms with Crippen LogP contribution in [0.15, 0.2) is 24.3 Å². The van der Waals surface area contributed by atoms with E-state index in [9.17, 15) is 14.4 Å². The van der Waals surface area contributed by atoms with Crippen LogP contribution in [0.1, 0.15) is 55.5 Å². The summed E-state index contributed by atoms with van der Waals surface area (Å²) in [4.78, 5) is 31.9. The number of hydrogen-bond acceptors (Lipinski definition) is 5. The second kappa shape index (κ2) is 9.28. The molecule has 3 aliphatic rings. The average Bonchev–Trinajstić information content (AvgIpc) is 3.16.